The molecule has 2 rings (SSSR count). The van der Waals surface area contributed by atoms with E-state index in [4.69, 9.17) is 0 Å². The number of rotatable bonds is 2. The van der Waals surface area contributed by atoms with Gasteiger partial charge in [-0.05, 0) is 0 Å². The predicted molar refractivity (Wildman–Crippen MR) is 50.8 cm³/mol. The van der Waals surface area contributed by atoms with Gasteiger partial charge in [0.25, 0.3) is 5.91 Å². The quantitative estimate of drug-likeness (QED) is 0.584. The molecule has 0 aliphatic carbocycles. The van der Waals surface area contributed by atoms with Crippen LogP contribution < -0.4 is 0 Å². The maximum Gasteiger partial charge on any atom is 0.406 e. The molecular weight excluding hydrogens is 257 g/mol. The first kappa shape index (κ1) is 12.3. The van der Waals surface area contributed by atoms with Gasteiger partial charge < -0.3 is 4.90 Å². The number of hydrogen-bond acceptors (Lipinski definition) is 4. The normalized spacial score (nSPS) is 15.7. The third kappa shape index (κ3) is 2.13. The number of alkyl halides is 3. The van der Waals surface area contributed by atoms with Crippen molar-refractivity contribution in [2.45, 2.75) is 12.7 Å². The molecule has 0 saturated carbocycles. The van der Waals surface area contributed by atoms with Crippen LogP contribution >= 0.6 is 0 Å². The molecule has 1 amide bonds. The van der Waals surface area contributed by atoms with Crippen molar-refractivity contribution in [1.82, 2.24) is 14.7 Å². The Balaban J connectivity index is 2.32. The Morgan fingerprint density at radius 2 is 2.11 bits per heavy atom. The summed E-state index contributed by atoms with van der Waals surface area (Å²) < 4.78 is 37.7. The third-order valence-corrected chi connectivity index (χ3v) is 2.46. The van der Waals surface area contributed by atoms with E-state index in [0.717, 1.165) is 10.9 Å². The van der Waals surface area contributed by atoms with E-state index in [9.17, 15) is 28.1 Å². The molecule has 2 heterocycles. The minimum absolute atomic E-state index is 0.00495. The first-order valence-electron chi connectivity index (χ1n) is 4.86. The number of aromatic nitrogens is 2. The molecule has 0 spiro atoms. The first-order chi connectivity index (χ1) is 8.29. The van der Waals surface area contributed by atoms with E-state index in [0.29, 0.717) is 4.90 Å². The second kappa shape index (κ2) is 3.96. The molecule has 0 N–H and O–H groups in total. The average Bonchev–Trinajstić information content (AvgIpc) is 2.65. The topological polar surface area (TPSA) is 81.3 Å². The molecule has 1 aliphatic heterocycles. The molecule has 0 fully saturated rings. The van der Waals surface area contributed by atoms with E-state index in [1.54, 1.807) is 0 Å². The van der Waals surface area contributed by atoms with Crippen molar-refractivity contribution in [1.29, 1.82) is 0 Å². The predicted octanol–water partition coefficient (Wildman–Crippen LogP) is 0.809. The van der Waals surface area contributed by atoms with Crippen LogP contribution in [0.15, 0.2) is 6.20 Å². The molecule has 0 unspecified atom stereocenters. The van der Waals surface area contributed by atoms with Gasteiger partial charge in [0.15, 0.2) is 0 Å². The number of nitro groups is 1. The monoisotopic (exact) mass is 264 g/mol. The summed E-state index contributed by atoms with van der Waals surface area (Å²) in [6.07, 6.45) is -3.67. The van der Waals surface area contributed by atoms with Crippen LogP contribution in [0.5, 0.6) is 0 Å². The maximum atomic E-state index is 12.2. The number of halogens is 3. The molecular formula is C8H7F3N4O3. The molecule has 1 aromatic rings. The summed E-state index contributed by atoms with van der Waals surface area (Å²) >= 11 is 0. The molecule has 0 saturated heterocycles. The standard InChI is InChI=1S/C8H7F3N4O3/c9-8(10,11)4-13-1-2-14-6(7(13)16)5(3-12-14)15(17)18/h3H,1-2,4H2. The Kier molecular flexibility index (Phi) is 2.71. The zero-order chi connectivity index (χ0) is 13.5. The van der Waals surface area contributed by atoms with Crippen LogP contribution in [0.25, 0.3) is 0 Å². The Hall–Kier alpha value is -2.13. The summed E-state index contributed by atoms with van der Waals surface area (Å²) in [5.74, 6) is -1.03. The fraction of sp³-hybridized carbons (Fsp3) is 0.500. The molecule has 0 radical (unpaired) electrons. The van der Waals surface area contributed by atoms with Gasteiger partial charge in [-0.2, -0.15) is 18.3 Å². The van der Waals surface area contributed by atoms with Gasteiger partial charge in [0, 0.05) is 6.54 Å². The molecule has 0 bridgehead atoms. The van der Waals surface area contributed by atoms with E-state index in [1.165, 1.54) is 0 Å². The van der Waals surface area contributed by atoms with Crippen molar-refractivity contribution >= 4 is 11.6 Å². The number of amides is 1. The lowest BCUT2D eigenvalue weighted by Crippen LogP contribution is -2.45. The SMILES string of the molecule is O=C1c2c([N+](=O)[O-])cnn2CCN1CC(F)(F)F. The van der Waals surface area contributed by atoms with E-state index in [-0.39, 0.29) is 13.1 Å². The van der Waals surface area contributed by atoms with Crippen LogP contribution in [0.1, 0.15) is 10.5 Å². The summed E-state index contributed by atoms with van der Waals surface area (Å²) in [5.41, 5.74) is -0.984. The number of carbonyl (C=O) groups excluding carboxylic acids is 1. The lowest BCUT2D eigenvalue weighted by molar-refractivity contribution is -0.385. The van der Waals surface area contributed by atoms with Gasteiger partial charge in [0.2, 0.25) is 5.69 Å². The van der Waals surface area contributed by atoms with Crippen molar-refractivity contribution in [3.05, 3.63) is 22.0 Å². The van der Waals surface area contributed by atoms with Crippen molar-refractivity contribution in [3.8, 4) is 0 Å². The smallest absolute Gasteiger partial charge is 0.326 e. The fourth-order valence-corrected chi connectivity index (χ4v) is 1.73. The molecule has 0 aromatic carbocycles. The Morgan fingerprint density at radius 1 is 1.44 bits per heavy atom. The van der Waals surface area contributed by atoms with E-state index >= 15 is 0 Å². The van der Waals surface area contributed by atoms with E-state index in [1.807, 2.05) is 0 Å². The minimum Gasteiger partial charge on any atom is -0.326 e. The van der Waals surface area contributed by atoms with Crippen molar-refractivity contribution in [3.63, 3.8) is 0 Å². The lowest BCUT2D eigenvalue weighted by Gasteiger charge is -2.27. The van der Waals surface area contributed by atoms with Crippen LogP contribution in [0, 0.1) is 10.1 Å². The highest BCUT2D eigenvalue weighted by atomic mass is 19.4. The summed E-state index contributed by atoms with van der Waals surface area (Å²) in [4.78, 5) is 22.1. The van der Waals surface area contributed by atoms with Gasteiger partial charge in [-0.3, -0.25) is 19.6 Å². The summed E-state index contributed by atoms with van der Waals surface area (Å²) in [5, 5.41) is 14.2. The molecule has 18 heavy (non-hydrogen) atoms. The molecule has 98 valence electrons. The maximum absolute atomic E-state index is 12.2. The fourth-order valence-electron chi connectivity index (χ4n) is 1.73. The number of nitrogens with zero attached hydrogens (tertiary/aromatic N) is 4. The highest BCUT2D eigenvalue weighted by molar-refractivity contribution is 5.97. The van der Waals surface area contributed by atoms with Gasteiger partial charge in [-0.1, -0.05) is 0 Å². The zero-order valence-electron chi connectivity index (χ0n) is 8.85. The van der Waals surface area contributed by atoms with Crippen molar-refractivity contribution in [2.24, 2.45) is 0 Å². The summed E-state index contributed by atoms with van der Waals surface area (Å²) in [6, 6.07) is 0. The van der Waals surface area contributed by atoms with Gasteiger partial charge in [0.1, 0.15) is 12.7 Å². The third-order valence-electron chi connectivity index (χ3n) is 2.46. The molecule has 1 aromatic heterocycles. The van der Waals surface area contributed by atoms with Crippen LogP contribution in [0.4, 0.5) is 18.9 Å². The highest BCUT2D eigenvalue weighted by Crippen LogP contribution is 2.25. The van der Waals surface area contributed by atoms with Gasteiger partial charge in [0.05, 0.1) is 11.5 Å². The second-order valence-electron chi connectivity index (χ2n) is 3.70. The van der Waals surface area contributed by atoms with Gasteiger partial charge >= 0.3 is 11.9 Å². The molecule has 0 atom stereocenters. The van der Waals surface area contributed by atoms with Crippen LogP contribution in [-0.2, 0) is 6.54 Å². The Bertz CT molecular complexity index is 510. The largest absolute Gasteiger partial charge is 0.406 e. The van der Waals surface area contributed by atoms with E-state index in [2.05, 4.69) is 5.10 Å². The van der Waals surface area contributed by atoms with Gasteiger partial charge in [-0.25, -0.2) is 0 Å². The average molecular weight is 264 g/mol. The Morgan fingerprint density at radius 3 is 2.67 bits per heavy atom. The summed E-state index contributed by atoms with van der Waals surface area (Å²) in [6.45, 7) is -1.59. The number of hydrogen-bond donors (Lipinski definition) is 0. The van der Waals surface area contributed by atoms with Gasteiger partial charge in [-0.15, -0.1) is 0 Å². The zero-order valence-corrected chi connectivity index (χ0v) is 8.85. The summed E-state index contributed by atoms with van der Waals surface area (Å²) in [7, 11) is 0. The number of carbonyl (C=O) groups is 1. The van der Waals surface area contributed by atoms with E-state index < -0.39 is 34.9 Å². The molecule has 1 aliphatic rings. The highest BCUT2D eigenvalue weighted by Gasteiger charge is 2.39. The minimum atomic E-state index is -4.54. The van der Waals surface area contributed by atoms with Crippen molar-refractivity contribution < 1.29 is 22.9 Å². The Labute approximate surface area is 97.9 Å². The number of fused-ring (bicyclic) bond motifs is 1. The van der Waals surface area contributed by atoms with Crippen LogP contribution in [0.3, 0.4) is 0 Å². The van der Waals surface area contributed by atoms with Crippen molar-refractivity contribution in [2.75, 3.05) is 13.1 Å². The first-order valence-corrected chi connectivity index (χ1v) is 4.86. The lowest BCUT2D eigenvalue weighted by atomic mass is 10.2. The molecule has 10 heteroatoms. The van der Waals surface area contributed by atoms with Crippen LogP contribution in [0.2, 0.25) is 0 Å². The van der Waals surface area contributed by atoms with Crippen LogP contribution in [-0.4, -0.2) is 44.8 Å². The molecule has 7 nitrogen and oxygen atoms in total. The second-order valence-corrected chi connectivity index (χ2v) is 3.70.